The Kier molecular flexibility index (Phi) is 5.11. The summed E-state index contributed by atoms with van der Waals surface area (Å²) in [6, 6.07) is 12.2. The van der Waals surface area contributed by atoms with E-state index >= 15 is 0 Å². The Labute approximate surface area is 190 Å². The van der Waals surface area contributed by atoms with Crippen LogP contribution in [0.2, 0.25) is 0 Å². The summed E-state index contributed by atoms with van der Waals surface area (Å²) in [5.74, 6) is 2.95. The van der Waals surface area contributed by atoms with E-state index in [2.05, 4.69) is 17.0 Å². The quantitative estimate of drug-likeness (QED) is 0.664. The second kappa shape index (κ2) is 8.00. The molecule has 2 aromatic rings. The van der Waals surface area contributed by atoms with Gasteiger partial charge in [0.15, 0.2) is 0 Å². The van der Waals surface area contributed by atoms with Crippen molar-refractivity contribution in [3.05, 3.63) is 53.1 Å². The summed E-state index contributed by atoms with van der Waals surface area (Å²) in [5, 5.41) is 11.0. The molecule has 168 valence electrons. The topological polar surface area (TPSA) is 49.8 Å². The molecule has 0 amide bonds. The van der Waals surface area contributed by atoms with Crippen LogP contribution in [-0.4, -0.2) is 42.6 Å². The van der Waals surface area contributed by atoms with Crippen LogP contribution in [0.3, 0.4) is 0 Å². The van der Waals surface area contributed by atoms with Gasteiger partial charge >= 0.3 is 0 Å². The van der Waals surface area contributed by atoms with Gasteiger partial charge in [0.05, 0.1) is 13.2 Å². The smallest absolute Gasteiger partial charge is 0.150 e. The highest BCUT2D eigenvalue weighted by atomic mass is 16.5. The summed E-state index contributed by atoms with van der Waals surface area (Å²) in [6.45, 7) is 4.27. The molecule has 0 spiro atoms. The monoisotopic (exact) mass is 431 g/mol. The van der Waals surface area contributed by atoms with Crippen molar-refractivity contribution in [1.29, 1.82) is 0 Å². The molecule has 2 aromatic carbocycles. The molecule has 1 N–H and O–H groups in total. The van der Waals surface area contributed by atoms with Gasteiger partial charge in [0.25, 0.3) is 0 Å². The van der Waals surface area contributed by atoms with Gasteiger partial charge in [0, 0.05) is 30.8 Å². The molecule has 1 aliphatic heterocycles. The summed E-state index contributed by atoms with van der Waals surface area (Å²) in [6.07, 6.45) is 8.80. The first-order valence-corrected chi connectivity index (χ1v) is 12.3. The fourth-order valence-electron chi connectivity index (χ4n) is 7.64. The first-order valence-electron chi connectivity index (χ1n) is 12.3. The van der Waals surface area contributed by atoms with Crippen LogP contribution in [0.4, 0.5) is 0 Å². The first kappa shape index (κ1) is 20.4. The standard InChI is InChI=1S/C28H33NO3/c30-18-19-1-2-24(17-29-5-7-32-8-6-29)25(12-19)23-3-4-27(31)26(13-23)28-14-20-9-21(15-28)11-22(10-20)16-28/h1-4,12-13,18,20-22,31H,5-11,14-17H2. The van der Waals surface area contributed by atoms with Gasteiger partial charge in [-0.05, 0) is 96.6 Å². The highest BCUT2D eigenvalue weighted by molar-refractivity contribution is 5.80. The number of nitrogens with zero attached hydrogens (tertiary/aromatic N) is 1. The van der Waals surface area contributed by atoms with Gasteiger partial charge < -0.3 is 9.84 Å². The molecule has 0 radical (unpaired) electrons. The molecule has 5 aliphatic rings. The number of ether oxygens (including phenoxy) is 1. The molecule has 0 unspecified atom stereocenters. The molecular weight excluding hydrogens is 398 g/mol. The third-order valence-corrected chi connectivity index (χ3v) is 8.68. The summed E-state index contributed by atoms with van der Waals surface area (Å²) >= 11 is 0. The van der Waals surface area contributed by atoms with Gasteiger partial charge in [0.1, 0.15) is 12.0 Å². The minimum atomic E-state index is 0.140. The lowest BCUT2D eigenvalue weighted by Gasteiger charge is -2.57. The Balaban J connectivity index is 1.39. The highest BCUT2D eigenvalue weighted by Gasteiger charge is 2.52. The molecule has 4 aliphatic carbocycles. The number of phenols is 1. The average Bonchev–Trinajstić information content (AvgIpc) is 2.79. The van der Waals surface area contributed by atoms with Crippen LogP contribution in [0.25, 0.3) is 11.1 Å². The average molecular weight is 432 g/mol. The summed E-state index contributed by atoms with van der Waals surface area (Å²) < 4.78 is 5.52. The number of rotatable bonds is 5. The number of morpholine rings is 1. The number of carbonyl (C=O) groups excluding carboxylic acids is 1. The van der Waals surface area contributed by atoms with Crippen molar-refractivity contribution in [3.8, 4) is 16.9 Å². The molecule has 0 aromatic heterocycles. The van der Waals surface area contributed by atoms with Gasteiger partial charge in [-0.3, -0.25) is 9.69 Å². The van der Waals surface area contributed by atoms with E-state index in [4.69, 9.17) is 4.74 Å². The second-order valence-corrected chi connectivity index (χ2v) is 10.9. The van der Waals surface area contributed by atoms with Crippen molar-refractivity contribution in [2.24, 2.45) is 17.8 Å². The van der Waals surface area contributed by atoms with E-state index in [0.29, 0.717) is 11.3 Å². The molecule has 4 heteroatoms. The predicted octanol–water partition coefficient (Wildman–Crippen LogP) is 5.17. The van der Waals surface area contributed by atoms with Gasteiger partial charge in [-0.25, -0.2) is 0 Å². The van der Waals surface area contributed by atoms with Gasteiger partial charge in [-0.1, -0.05) is 18.2 Å². The maximum absolute atomic E-state index is 11.6. The molecular formula is C28H33NO3. The van der Waals surface area contributed by atoms with Crippen LogP contribution in [0.15, 0.2) is 36.4 Å². The molecule has 0 atom stereocenters. The number of aldehydes is 1. The predicted molar refractivity (Wildman–Crippen MR) is 125 cm³/mol. The van der Waals surface area contributed by atoms with E-state index in [1.165, 1.54) is 44.1 Å². The Morgan fingerprint density at radius 1 is 0.969 bits per heavy atom. The molecule has 1 heterocycles. The van der Waals surface area contributed by atoms with E-state index in [1.54, 1.807) is 0 Å². The Morgan fingerprint density at radius 3 is 2.31 bits per heavy atom. The third kappa shape index (κ3) is 3.58. The second-order valence-electron chi connectivity index (χ2n) is 10.9. The van der Waals surface area contributed by atoms with E-state index < -0.39 is 0 Å². The number of phenolic OH excluding ortho intramolecular Hbond substituents is 1. The third-order valence-electron chi connectivity index (χ3n) is 8.68. The zero-order valence-electron chi connectivity index (χ0n) is 18.8. The molecule has 1 saturated heterocycles. The van der Waals surface area contributed by atoms with E-state index in [0.717, 1.165) is 73.6 Å². The lowest BCUT2D eigenvalue weighted by Crippen LogP contribution is -2.48. The Bertz CT molecular complexity index is 988. The molecule has 4 saturated carbocycles. The molecule has 5 fully saturated rings. The van der Waals surface area contributed by atoms with Crippen LogP contribution in [-0.2, 0) is 16.7 Å². The minimum absolute atomic E-state index is 0.140. The van der Waals surface area contributed by atoms with Crippen LogP contribution in [0.5, 0.6) is 5.75 Å². The molecule has 7 rings (SSSR count). The van der Waals surface area contributed by atoms with Crippen molar-refractivity contribution in [2.45, 2.75) is 50.5 Å². The number of hydrogen-bond acceptors (Lipinski definition) is 4. The van der Waals surface area contributed by atoms with Crippen molar-refractivity contribution in [1.82, 2.24) is 4.90 Å². The zero-order valence-corrected chi connectivity index (χ0v) is 18.8. The molecule has 32 heavy (non-hydrogen) atoms. The van der Waals surface area contributed by atoms with Crippen LogP contribution >= 0.6 is 0 Å². The van der Waals surface area contributed by atoms with Gasteiger partial charge in [-0.15, -0.1) is 0 Å². The van der Waals surface area contributed by atoms with E-state index in [9.17, 15) is 9.90 Å². The molecule has 4 bridgehead atoms. The first-order chi connectivity index (χ1) is 15.6. The number of aromatic hydroxyl groups is 1. The highest BCUT2D eigenvalue weighted by Crippen LogP contribution is 2.62. The number of benzene rings is 2. The van der Waals surface area contributed by atoms with Crippen molar-refractivity contribution in [2.75, 3.05) is 26.3 Å². The maximum Gasteiger partial charge on any atom is 0.150 e. The number of carbonyl (C=O) groups is 1. The van der Waals surface area contributed by atoms with Crippen molar-refractivity contribution < 1.29 is 14.6 Å². The van der Waals surface area contributed by atoms with E-state index in [1.807, 2.05) is 24.3 Å². The van der Waals surface area contributed by atoms with Crippen LogP contribution in [0, 0.1) is 17.8 Å². The van der Waals surface area contributed by atoms with Crippen molar-refractivity contribution in [3.63, 3.8) is 0 Å². The zero-order chi connectivity index (χ0) is 21.7. The van der Waals surface area contributed by atoms with E-state index in [-0.39, 0.29) is 5.41 Å². The summed E-state index contributed by atoms with van der Waals surface area (Å²) in [7, 11) is 0. The SMILES string of the molecule is O=Cc1ccc(CN2CCOCC2)c(-c2ccc(O)c(C34CC5CC(CC(C5)C3)C4)c2)c1. The van der Waals surface area contributed by atoms with Crippen LogP contribution in [0.1, 0.15) is 60.0 Å². The fraction of sp³-hybridized carbons (Fsp3) is 0.536. The lowest BCUT2D eigenvalue weighted by atomic mass is 9.48. The molecule has 4 nitrogen and oxygen atoms in total. The van der Waals surface area contributed by atoms with Gasteiger partial charge in [0.2, 0.25) is 0 Å². The summed E-state index contributed by atoms with van der Waals surface area (Å²) in [5.41, 5.74) is 5.48. The maximum atomic E-state index is 11.6. The minimum Gasteiger partial charge on any atom is -0.508 e. The summed E-state index contributed by atoms with van der Waals surface area (Å²) in [4.78, 5) is 14.0. The van der Waals surface area contributed by atoms with Gasteiger partial charge in [-0.2, -0.15) is 0 Å². The normalized spacial score (nSPS) is 31.7. The number of hydrogen-bond donors (Lipinski definition) is 1. The fourth-order valence-corrected chi connectivity index (χ4v) is 7.64. The Morgan fingerprint density at radius 2 is 1.66 bits per heavy atom. The van der Waals surface area contributed by atoms with Crippen molar-refractivity contribution >= 4 is 6.29 Å². The largest absolute Gasteiger partial charge is 0.508 e. The lowest BCUT2D eigenvalue weighted by molar-refractivity contribution is -0.00611. The van der Waals surface area contributed by atoms with Crippen LogP contribution < -0.4 is 0 Å². The Hall–Kier alpha value is -2.17.